The third-order valence-corrected chi connectivity index (χ3v) is 7.36. The molecular weight excluding hydrogens is 405 g/mol. The van der Waals surface area contributed by atoms with E-state index in [-0.39, 0.29) is 17.5 Å². The Kier molecular flexibility index (Phi) is 7.75. The van der Waals surface area contributed by atoms with Crippen molar-refractivity contribution in [1.29, 1.82) is 0 Å². The van der Waals surface area contributed by atoms with Crippen molar-refractivity contribution in [2.75, 3.05) is 33.4 Å². The van der Waals surface area contributed by atoms with E-state index >= 15 is 4.39 Å². The number of likely N-dealkylation sites (tertiary alicyclic amines) is 1. The van der Waals surface area contributed by atoms with E-state index in [1.54, 1.807) is 13.0 Å². The molecule has 1 amide bonds. The summed E-state index contributed by atoms with van der Waals surface area (Å²) in [6, 6.07) is 3.60. The molecule has 1 fully saturated rings. The Bertz CT molecular complexity index is 901. The number of nitrogens with zero attached hydrogens (tertiary/aromatic N) is 2. The summed E-state index contributed by atoms with van der Waals surface area (Å²) in [5.74, 6) is -0.228. The number of rotatable bonds is 7. The second kappa shape index (κ2) is 10.2. The van der Waals surface area contributed by atoms with Crippen LogP contribution in [-0.2, 0) is 21.4 Å². The highest BCUT2D eigenvalue weighted by Crippen LogP contribution is 2.40. The van der Waals surface area contributed by atoms with Gasteiger partial charge in [-0.3, -0.25) is 14.5 Å². The number of carbonyl (C=O) groups excluding carboxylic acids is 2. The molecule has 0 spiro atoms. The van der Waals surface area contributed by atoms with Crippen LogP contribution in [0.5, 0.6) is 0 Å². The molecule has 32 heavy (non-hydrogen) atoms. The average molecular weight is 444 g/mol. The number of hydrogen-bond donors (Lipinski definition) is 1. The van der Waals surface area contributed by atoms with Crippen molar-refractivity contribution < 1.29 is 14.0 Å². The van der Waals surface area contributed by atoms with E-state index < -0.39 is 5.41 Å². The highest BCUT2D eigenvalue weighted by atomic mass is 19.1. The molecule has 3 rings (SSSR count). The lowest BCUT2D eigenvalue weighted by Gasteiger charge is -2.41. The first-order valence-electron chi connectivity index (χ1n) is 11.9. The fourth-order valence-electron chi connectivity index (χ4n) is 5.33. The summed E-state index contributed by atoms with van der Waals surface area (Å²) in [5.41, 5.74) is 3.58. The number of halogens is 1. The number of carbonyl (C=O) groups is 2. The van der Waals surface area contributed by atoms with Crippen LogP contribution in [0.2, 0.25) is 0 Å². The van der Waals surface area contributed by atoms with Gasteiger partial charge in [-0.2, -0.15) is 0 Å². The van der Waals surface area contributed by atoms with Crippen LogP contribution in [0.25, 0.3) is 0 Å². The molecule has 176 valence electrons. The van der Waals surface area contributed by atoms with Crippen LogP contribution in [0.15, 0.2) is 23.4 Å². The third-order valence-electron chi connectivity index (χ3n) is 7.36. The predicted molar refractivity (Wildman–Crippen MR) is 126 cm³/mol. The molecule has 0 radical (unpaired) electrons. The molecule has 2 aliphatic rings. The number of hydrogen-bond acceptors (Lipinski definition) is 4. The minimum absolute atomic E-state index is 0.00716. The van der Waals surface area contributed by atoms with E-state index in [0.717, 1.165) is 54.6 Å². The Labute approximate surface area is 192 Å². The topological polar surface area (TPSA) is 52.7 Å². The lowest BCUT2D eigenvalue weighted by molar-refractivity contribution is -0.125. The quantitative estimate of drug-likeness (QED) is 0.690. The Balaban J connectivity index is 1.72. The third kappa shape index (κ3) is 4.90. The van der Waals surface area contributed by atoms with Gasteiger partial charge in [0.2, 0.25) is 5.91 Å². The number of nitrogens with one attached hydrogen (secondary N) is 1. The molecule has 5 nitrogen and oxygen atoms in total. The summed E-state index contributed by atoms with van der Waals surface area (Å²) >= 11 is 0. The summed E-state index contributed by atoms with van der Waals surface area (Å²) in [5, 5.41) is 3.06. The van der Waals surface area contributed by atoms with E-state index in [0.29, 0.717) is 38.2 Å². The van der Waals surface area contributed by atoms with Crippen LogP contribution < -0.4 is 5.32 Å². The summed E-state index contributed by atoms with van der Waals surface area (Å²) < 4.78 is 15.2. The Morgan fingerprint density at radius 2 is 1.84 bits per heavy atom. The molecule has 0 unspecified atom stereocenters. The first-order chi connectivity index (χ1) is 15.2. The number of aryl methyl sites for hydroxylation is 2. The van der Waals surface area contributed by atoms with Crippen molar-refractivity contribution in [2.24, 2.45) is 0 Å². The SMILES string of the molecule is CCCc1cc(C)cc(F)c1C1(C(C)=O)CCN(CNC(=O)C2=C(C)N(C)CCC2)CC1. The molecule has 0 aromatic heterocycles. The average Bonchev–Trinajstić information content (AvgIpc) is 2.74. The number of ketones is 1. The summed E-state index contributed by atoms with van der Waals surface area (Å²) in [7, 11) is 2.02. The van der Waals surface area contributed by atoms with Gasteiger partial charge < -0.3 is 10.2 Å². The van der Waals surface area contributed by atoms with Crippen molar-refractivity contribution in [2.45, 2.75) is 71.6 Å². The first kappa shape index (κ1) is 24.4. The standard InChI is InChI=1S/C26H38FN3O2/c1-6-8-21-15-18(2)16-23(27)24(21)26(20(4)31)10-13-30(14-11-26)17-28-25(32)22-9-7-12-29(5)19(22)3/h15-16H,6-14,17H2,1-5H3,(H,28,32). The molecule has 6 heteroatoms. The van der Waals surface area contributed by atoms with Gasteiger partial charge in [-0.25, -0.2) is 4.39 Å². The Morgan fingerprint density at radius 1 is 1.16 bits per heavy atom. The second-order valence-corrected chi connectivity index (χ2v) is 9.54. The van der Waals surface area contributed by atoms with Crippen LogP contribution in [0.1, 0.15) is 69.6 Å². The van der Waals surface area contributed by atoms with E-state index in [1.165, 1.54) is 0 Å². The van der Waals surface area contributed by atoms with Gasteiger partial charge in [-0.1, -0.05) is 19.4 Å². The van der Waals surface area contributed by atoms with Crippen molar-refractivity contribution in [3.8, 4) is 0 Å². The predicted octanol–water partition coefficient (Wildman–Crippen LogP) is 4.08. The molecule has 0 atom stereocenters. The largest absolute Gasteiger partial charge is 0.378 e. The fraction of sp³-hybridized carbons (Fsp3) is 0.615. The zero-order valence-corrected chi connectivity index (χ0v) is 20.3. The zero-order valence-electron chi connectivity index (χ0n) is 20.3. The van der Waals surface area contributed by atoms with Gasteiger partial charge in [-0.15, -0.1) is 0 Å². The maximum Gasteiger partial charge on any atom is 0.249 e. The van der Waals surface area contributed by atoms with Crippen molar-refractivity contribution >= 4 is 11.7 Å². The van der Waals surface area contributed by atoms with E-state index in [4.69, 9.17) is 0 Å². The summed E-state index contributed by atoms with van der Waals surface area (Å²) in [6.07, 6.45) is 4.61. The molecular formula is C26H38FN3O2. The van der Waals surface area contributed by atoms with Crippen LogP contribution in [0.3, 0.4) is 0 Å². The number of allylic oxidation sites excluding steroid dienone is 1. The van der Waals surface area contributed by atoms with Gasteiger partial charge in [0.1, 0.15) is 11.6 Å². The summed E-state index contributed by atoms with van der Waals surface area (Å²) in [4.78, 5) is 29.9. The first-order valence-corrected chi connectivity index (χ1v) is 11.9. The highest BCUT2D eigenvalue weighted by Gasteiger charge is 2.43. The van der Waals surface area contributed by atoms with E-state index in [2.05, 4.69) is 22.0 Å². The van der Waals surface area contributed by atoms with Crippen molar-refractivity contribution in [3.05, 3.63) is 45.9 Å². The molecule has 1 saturated heterocycles. The molecule has 1 aromatic rings. The Hall–Kier alpha value is -2.21. The number of piperidine rings is 1. The smallest absolute Gasteiger partial charge is 0.249 e. The molecule has 1 aromatic carbocycles. The van der Waals surface area contributed by atoms with Crippen molar-refractivity contribution in [3.63, 3.8) is 0 Å². The minimum atomic E-state index is -0.784. The van der Waals surface area contributed by atoms with E-state index in [9.17, 15) is 9.59 Å². The molecule has 0 bridgehead atoms. The van der Waals surface area contributed by atoms with Gasteiger partial charge in [0.15, 0.2) is 0 Å². The van der Waals surface area contributed by atoms with Gasteiger partial charge in [0.05, 0.1) is 12.1 Å². The molecule has 2 heterocycles. The molecule has 1 N–H and O–H groups in total. The minimum Gasteiger partial charge on any atom is -0.378 e. The number of amides is 1. The zero-order chi connectivity index (χ0) is 23.5. The molecule has 0 aliphatic carbocycles. The number of Topliss-reactive ketones (excluding diaryl/α,β-unsaturated/α-hetero) is 1. The van der Waals surface area contributed by atoms with E-state index in [1.807, 2.05) is 27.0 Å². The molecule has 2 aliphatic heterocycles. The fourth-order valence-corrected chi connectivity index (χ4v) is 5.33. The summed E-state index contributed by atoms with van der Waals surface area (Å²) in [6.45, 7) is 10.3. The normalized spacial score (nSPS) is 19.2. The van der Waals surface area contributed by atoms with Gasteiger partial charge >= 0.3 is 0 Å². The second-order valence-electron chi connectivity index (χ2n) is 9.54. The van der Waals surface area contributed by atoms with Crippen LogP contribution >= 0.6 is 0 Å². The lowest BCUT2D eigenvalue weighted by Crippen LogP contribution is -2.50. The van der Waals surface area contributed by atoms with Crippen LogP contribution in [-0.4, -0.2) is 54.8 Å². The van der Waals surface area contributed by atoms with Crippen molar-refractivity contribution in [1.82, 2.24) is 15.1 Å². The number of benzene rings is 1. The molecule has 0 saturated carbocycles. The van der Waals surface area contributed by atoms with Crippen LogP contribution in [0.4, 0.5) is 4.39 Å². The van der Waals surface area contributed by atoms with Crippen LogP contribution in [0, 0.1) is 12.7 Å². The Morgan fingerprint density at radius 3 is 2.47 bits per heavy atom. The maximum absolute atomic E-state index is 15.2. The lowest BCUT2D eigenvalue weighted by atomic mass is 9.68. The van der Waals surface area contributed by atoms with Gasteiger partial charge in [-0.05, 0) is 70.1 Å². The highest BCUT2D eigenvalue weighted by molar-refractivity contribution is 5.94. The monoisotopic (exact) mass is 443 g/mol. The van der Waals surface area contributed by atoms with Gasteiger partial charge in [0, 0.05) is 43.5 Å². The maximum atomic E-state index is 15.2. The van der Waals surface area contributed by atoms with Gasteiger partial charge in [0.25, 0.3) is 0 Å².